The molecule has 1 aromatic rings. The predicted octanol–water partition coefficient (Wildman–Crippen LogP) is 2.70. The molecule has 0 aromatic carbocycles. The Morgan fingerprint density at radius 1 is 1.43 bits per heavy atom. The first-order valence-corrected chi connectivity index (χ1v) is 5.79. The van der Waals surface area contributed by atoms with Crippen LogP contribution in [0.5, 0.6) is 0 Å². The second-order valence-electron chi connectivity index (χ2n) is 4.30. The van der Waals surface area contributed by atoms with Gasteiger partial charge in [-0.25, -0.2) is 0 Å². The molecule has 1 aromatic heterocycles. The van der Waals surface area contributed by atoms with Crippen LogP contribution in [0.25, 0.3) is 0 Å². The average molecular weight is 212 g/mol. The van der Waals surface area contributed by atoms with Crippen molar-refractivity contribution in [2.45, 2.75) is 34.2 Å². The standard InChI is InChI=1S/C11H20N2S/c1-8(2)11(7-14)6-13-10(4)5-9(3)12-13/h5,8,11,14H,6-7H2,1-4H3. The van der Waals surface area contributed by atoms with Gasteiger partial charge in [0.25, 0.3) is 0 Å². The molecule has 0 aliphatic rings. The Kier molecular flexibility index (Phi) is 4.05. The van der Waals surface area contributed by atoms with E-state index in [4.69, 9.17) is 0 Å². The maximum Gasteiger partial charge on any atom is 0.0596 e. The van der Waals surface area contributed by atoms with Crippen LogP contribution < -0.4 is 0 Å². The highest BCUT2D eigenvalue weighted by atomic mass is 32.1. The number of hydrogen-bond donors (Lipinski definition) is 1. The van der Waals surface area contributed by atoms with Gasteiger partial charge in [0.15, 0.2) is 0 Å². The molecular formula is C11H20N2S. The minimum absolute atomic E-state index is 0.608. The number of rotatable bonds is 4. The fraction of sp³-hybridized carbons (Fsp3) is 0.727. The molecule has 0 N–H and O–H groups in total. The van der Waals surface area contributed by atoms with Gasteiger partial charge in [0.05, 0.1) is 5.69 Å². The van der Waals surface area contributed by atoms with E-state index >= 15 is 0 Å². The van der Waals surface area contributed by atoms with Crippen molar-refractivity contribution in [3.63, 3.8) is 0 Å². The van der Waals surface area contributed by atoms with Gasteiger partial charge in [-0.2, -0.15) is 17.7 Å². The number of hydrogen-bond acceptors (Lipinski definition) is 2. The number of nitrogens with zero attached hydrogens (tertiary/aromatic N) is 2. The molecule has 0 spiro atoms. The van der Waals surface area contributed by atoms with Gasteiger partial charge in [-0.15, -0.1) is 0 Å². The van der Waals surface area contributed by atoms with Crippen LogP contribution in [0, 0.1) is 25.7 Å². The molecule has 1 unspecified atom stereocenters. The van der Waals surface area contributed by atoms with Crippen LogP contribution in [-0.4, -0.2) is 15.5 Å². The van der Waals surface area contributed by atoms with E-state index in [1.165, 1.54) is 5.69 Å². The van der Waals surface area contributed by atoms with Crippen molar-refractivity contribution in [3.8, 4) is 0 Å². The van der Waals surface area contributed by atoms with Crippen LogP contribution in [0.1, 0.15) is 25.2 Å². The first kappa shape index (κ1) is 11.6. The molecule has 0 saturated carbocycles. The average Bonchev–Trinajstić information content (AvgIpc) is 2.40. The molecule has 14 heavy (non-hydrogen) atoms. The number of aromatic nitrogens is 2. The van der Waals surface area contributed by atoms with E-state index in [1.807, 2.05) is 6.92 Å². The van der Waals surface area contributed by atoms with Crippen molar-refractivity contribution in [3.05, 3.63) is 17.5 Å². The topological polar surface area (TPSA) is 17.8 Å². The monoisotopic (exact) mass is 212 g/mol. The summed E-state index contributed by atoms with van der Waals surface area (Å²) in [5, 5.41) is 4.46. The van der Waals surface area contributed by atoms with Gasteiger partial charge < -0.3 is 0 Å². The second-order valence-corrected chi connectivity index (χ2v) is 4.66. The zero-order valence-corrected chi connectivity index (χ0v) is 10.4. The second kappa shape index (κ2) is 4.87. The summed E-state index contributed by atoms with van der Waals surface area (Å²) in [7, 11) is 0. The first-order chi connectivity index (χ1) is 6.54. The predicted molar refractivity (Wildman–Crippen MR) is 63.9 cm³/mol. The molecule has 3 heteroatoms. The number of thiol groups is 1. The summed E-state index contributed by atoms with van der Waals surface area (Å²) in [6, 6.07) is 2.12. The van der Waals surface area contributed by atoms with Crippen molar-refractivity contribution in [2.24, 2.45) is 11.8 Å². The molecule has 0 fully saturated rings. The lowest BCUT2D eigenvalue weighted by atomic mass is 9.98. The van der Waals surface area contributed by atoms with Gasteiger partial charge in [0.2, 0.25) is 0 Å². The van der Waals surface area contributed by atoms with Crippen LogP contribution in [0.4, 0.5) is 0 Å². The lowest BCUT2D eigenvalue weighted by Gasteiger charge is -2.19. The Bertz CT molecular complexity index is 291. The minimum Gasteiger partial charge on any atom is -0.269 e. The maximum absolute atomic E-state index is 4.46. The molecule has 0 aliphatic heterocycles. The van der Waals surface area contributed by atoms with E-state index in [1.54, 1.807) is 0 Å². The van der Waals surface area contributed by atoms with E-state index in [-0.39, 0.29) is 0 Å². The van der Waals surface area contributed by atoms with Crippen LogP contribution in [0.3, 0.4) is 0 Å². The van der Waals surface area contributed by atoms with Crippen LogP contribution in [-0.2, 0) is 6.54 Å². The summed E-state index contributed by atoms with van der Waals surface area (Å²) in [6.07, 6.45) is 0. The Labute approximate surface area is 92.1 Å². The van der Waals surface area contributed by atoms with E-state index in [0.29, 0.717) is 11.8 Å². The molecule has 0 amide bonds. The van der Waals surface area contributed by atoms with Crippen LogP contribution in [0.15, 0.2) is 6.07 Å². The fourth-order valence-electron chi connectivity index (χ4n) is 1.56. The van der Waals surface area contributed by atoms with Crippen molar-refractivity contribution in [2.75, 3.05) is 5.75 Å². The minimum atomic E-state index is 0.608. The van der Waals surface area contributed by atoms with E-state index in [0.717, 1.165) is 18.0 Å². The lowest BCUT2D eigenvalue weighted by molar-refractivity contribution is 0.351. The highest BCUT2D eigenvalue weighted by Gasteiger charge is 2.13. The van der Waals surface area contributed by atoms with E-state index in [2.05, 4.69) is 49.2 Å². The molecule has 2 nitrogen and oxygen atoms in total. The van der Waals surface area contributed by atoms with Crippen LogP contribution in [0.2, 0.25) is 0 Å². The van der Waals surface area contributed by atoms with Gasteiger partial charge >= 0.3 is 0 Å². The molecule has 80 valence electrons. The fourth-order valence-corrected chi connectivity index (χ4v) is 2.10. The number of aryl methyl sites for hydroxylation is 2. The molecule has 1 heterocycles. The lowest BCUT2D eigenvalue weighted by Crippen LogP contribution is -2.19. The van der Waals surface area contributed by atoms with Crippen molar-refractivity contribution in [1.82, 2.24) is 9.78 Å². The van der Waals surface area contributed by atoms with Gasteiger partial charge in [0, 0.05) is 12.2 Å². The quantitative estimate of drug-likeness (QED) is 0.760. The summed E-state index contributed by atoms with van der Waals surface area (Å²) in [4.78, 5) is 0. The van der Waals surface area contributed by atoms with Crippen molar-refractivity contribution < 1.29 is 0 Å². The van der Waals surface area contributed by atoms with E-state index in [9.17, 15) is 0 Å². The normalized spacial score (nSPS) is 13.6. The summed E-state index contributed by atoms with van der Waals surface area (Å²) in [5.74, 6) is 2.20. The molecule has 1 atom stereocenters. The summed E-state index contributed by atoms with van der Waals surface area (Å²) in [6.45, 7) is 9.62. The Hall–Kier alpha value is -0.440. The third kappa shape index (κ3) is 2.77. The third-order valence-corrected chi connectivity index (χ3v) is 3.16. The Balaban J connectivity index is 2.71. The molecule has 0 saturated heterocycles. The van der Waals surface area contributed by atoms with Crippen molar-refractivity contribution >= 4 is 12.6 Å². The zero-order chi connectivity index (χ0) is 10.7. The molecular weight excluding hydrogens is 192 g/mol. The van der Waals surface area contributed by atoms with Crippen molar-refractivity contribution in [1.29, 1.82) is 0 Å². The summed E-state index contributed by atoms with van der Waals surface area (Å²) < 4.78 is 2.09. The molecule has 0 radical (unpaired) electrons. The summed E-state index contributed by atoms with van der Waals surface area (Å²) >= 11 is 4.39. The van der Waals surface area contributed by atoms with Gasteiger partial charge in [-0.1, -0.05) is 13.8 Å². The smallest absolute Gasteiger partial charge is 0.0596 e. The molecule has 1 rings (SSSR count). The summed E-state index contributed by atoms with van der Waals surface area (Å²) in [5.41, 5.74) is 2.35. The third-order valence-electron chi connectivity index (χ3n) is 2.69. The highest BCUT2D eigenvalue weighted by molar-refractivity contribution is 7.80. The zero-order valence-electron chi connectivity index (χ0n) is 9.49. The van der Waals surface area contributed by atoms with Gasteiger partial charge in [-0.05, 0) is 37.5 Å². The first-order valence-electron chi connectivity index (χ1n) is 5.16. The Morgan fingerprint density at radius 3 is 2.43 bits per heavy atom. The largest absolute Gasteiger partial charge is 0.269 e. The van der Waals surface area contributed by atoms with E-state index < -0.39 is 0 Å². The SMILES string of the molecule is Cc1cc(C)n(CC(CS)C(C)C)n1. The molecule has 0 aliphatic carbocycles. The van der Waals surface area contributed by atoms with Gasteiger partial charge in [0.1, 0.15) is 0 Å². The highest BCUT2D eigenvalue weighted by Crippen LogP contribution is 2.16. The maximum atomic E-state index is 4.46. The van der Waals surface area contributed by atoms with Gasteiger partial charge in [-0.3, -0.25) is 4.68 Å². The molecule has 0 bridgehead atoms. The Morgan fingerprint density at radius 2 is 2.07 bits per heavy atom. The van der Waals surface area contributed by atoms with Crippen LogP contribution >= 0.6 is 12.6 Å².